The highest BCUT2D eigenvalue weighted by Gasteiger charge is 2.16. The van der Waals surface area contributed by atoms with Crippen LogP contribution in [-0.4, -0.2) is 23.1 Å². The highest BCUT2D eigenvalue weighted by Crippen LogP contribution is 2.25. The Balaban J connectivity index is 2.16. The first-order chi connectivity index (χ1) is 9.11. The smallest absolute Gasteiger partial charge is 0.239 e. The van der Waals surface area contributed by atoms with Gasteiger partial charge in [-0.1, -0.05) is 17.7 Å². The van der Waals surface area contributed by atoms with Crippen LogP contribution < -0.4 is 16.2 Å². The van der Waals surface area contributed by atoms with Gasteiger partial charge in [-0.15, -0.1) is 11.3 Å². The second-order valence-electron chi connectivity index (χ2n) is 4.25. The standard InChI is InChI=1S/C12H16ClN5S/c1-8(6-9-4-3-5-19-9)18(2)11-10(13)7-15-12(16-11)17-14/h3-5,7-8H,6,14H2,1-2H3,(H,15,16,17). The third-order valence-corrected chi connectivity index (χ3v) is 4.09. The Morgan fingerprint density at radius 1 is 1.58 bits per heavy atom. The number of hydrazine groups is 1. The van der Waals surface area contributed by atoms with Crippen molar-refractivity contribution in [3.05, 3.63) is 33.6 Å². The molecule has 2 heterocycles. The van der Waals surface area contributed by atoms with Crippen molar-refractivity contribution in [2.24, 2.45) is 5.84 Å². The van der Waals surface area contributed by atoms with Gasteiger partial charge < -0.3 is 4.90 Å². The maximum absolute atomic E-state index is 6.14. The van der Waals surface area contributed by atoms with Crippen LogP contribution >= 0.6 is 22.9 Å². The Bertz CT molecular complexity index is 531. The predicted molar refractivity (Wildman–Crippen MR) is 80.7 cm³/mol. The van der Waals surface area contributed by atoms with Crippen molar-refractivity contribution in [3.8, 4) is 0 Å². The molecule has 0 saturated heterocycles. The summed E-state index contributed by atoms with van der Waals surface area (Å²) in [6, 6.07) is 4.46. The van der Waals surface area contributed by atoms with Crippen molar-refractivity contribution in [2.75, 3.05) is 17.4 Å². The Kier molecular flexibility index (Phi) is 4.57. The highest BCUT2D eigenvalue weighted by atomic mass is 35.5. The number of nitrogen functional groups attached to an aromatic ring is 1. The molecule has 2 aromatic rings. The van der Waals surface area contributed by atoms with E-state index in [0.717, 1.165) is 6.42 Å². The number of nitrogens with one attached hydrogen (secondary N) is 1. The van der Waals surface area contributed by atoms with E-state index in [0.29, 0.717) is 16.8 Å². The molecule has 7 heteroatoms. The summed E-state index contributed by atoms with van der Waals surface area (Å²) >= 11 is 7.89. The molecule has 0 aromatic carbocycles. The average molecular weight is 298 g/mol. The number of hydrogen-bond donors (Lipinski definition) is 2. The molecule has 3 N–H and O–H groups in total. The summed E-state index contributed by atoms with van der Waals surface area (Å²) in [5.74, 6) is 6.35. The number of halogens is 1. The molecule has 102 valence electrons. The normalized spacial score (nSPS) is 12.2. The van der Waals surface area contributed by atoms with E-state index in [1.54, 1.807) is 17.5 Å². The third-order valence-electron chi connectivity index (χ3n) is 2.93. The van der Waals surface area contributed by atoms with Gasteiger partial charge in [0.2, 0.25) is 5.95 Å². The van der Waals surface area contributed by atoms with E-state index in [1.807, 2.05) is 11.9 Å². The van der Waals surface area contributed by atoms with E-state index in [1.165, 1.54) is 4.88 Å². The molecule has 0 amide bonds. The summed E-state index contributed by atoms with van der Waals surface area (Å²) in [6.07, 6.45) is 2.49. The van der Waals surface area contributed by atoms with Crippen molar-refractivity contribution in [2.45, 2.75) is 19.4 Å². The van der Waals surface area contributed by atoms with Crippen LogP contribution in [0.2, 0.25) is 5.02 Å². The Morgan fingerprint density at radius 3 is 3.00 bits per heavy atom. The van der Waals surface area contributed by atoms with Gasteiger partial charge in [0.1, 0.15) is 5.02 Å². The minimum absolute atomic E-state index is 0.275. The topological polar surface area (TPSA) is 67.1 Å². The minimum Gasteiger partial charge on any atom is -0.355 e. The Labute approximate surface area is 121 Å². The Morgan fingerprint density at radius 2 is 2.37 bits per heavy atom. The van der Waals surface area contributed by atoms with Crippen molar-refractivity contribution >= 4 is 34.7 Å². The fourth-order valence-electron chi connectivity index (χ4n) is 1.74. The lowest BCUT2D eigenvalue weighted by atomic mass is 10.2. The van der Waals surface area contributed by atoms with Crippen molar-refractivity contribution < 1.29 is 0 Å². The van der Waals surface area contributed by atoms with Crippen LogP contribution in [-0.2, 0) is 6.42 Å². The number of likely N-dealkylation sites (N-methyl/N-ethyl adjacent to an activating group) is 1. The zero-order valence-electron chi connectivity index (χ0n) is 10.8. The predicted octanol–water partition coefficient (Wildman–Crippen LogP) is 2.54. The quantitative estimate of drug-likeness (QED) is 0.656. The maximum Gasteiger partial charge on any atom is 0.239 e. The number of aromatic nitrogens is 2. The minimum atomic E-state index is 0.275. The number of rotatable bonds is 5. The average Bonchev–Trinajstić information content (AvgIpc) is 2.91. The van der Waals surface area contributed by atoms with E-state index >= 15 is 0 Å². The number of nitrogens with zero attached hydrogens (tertiary/aromatic N) is 3. The second kappa shape index (κ2) is 6.18. The lowest BCUT2D eigenvalue weighted by Gasteiger charge is -2.26. The summed E-state index contributed by atoms with van der Waals surface area (Å²) in [5, 5.41) is 2.59. The van der Waals surface area contributed by atoms with Crippen LogP contribution in [0.15, 0.2) is 23.7 Å². The zero-order valence-corrected chi connectivity index (χ0v) is 12.4. The van der Waals surface area contributed by atoms with Crippen LogP contribution in [0.3, 0.4) is 0 Å². The van der Waals surface area contributed by atoms with Gasteiger partial charge >= 0.3 is 0 Å². The fourth-order valence-corrected chi connectivity index (χ4v) is 2.79. The number of nitrogens with two attached hydrogens (primary N) is 1. The van der Waals surface area contributed by atoms with Gasteiger partial charge in [-0.2, -0.15) is 4.98 Å². The summed E-state index contributed by atoms with van der Waals surface area (Å²) in [6.45, 7) is 2.13. The fraction of sp³-hybridized carbons (Fsp3) is 0.333. The van der Waals surface area contributed by atoms with Crippen molar-refractivity contribution in [3.63, 3.8) is 0 Å². The molecule has 0 aliphatic carbocycles. The summed E-state index contributed by atoms with van der Waals surface area (Å²) in [5.41, 5.74) is 2.43. The number of hydrogen-bond acceptors (Lipinski definition) is 6. The van der Waals surface area contributed by atoms with Gasteiger partial charge in [0, 0.05) is 24.4 Å². The van der Waals surface area contributed by atoms with E-state index in [-0.39, 0.29) is 6.04 Å². The van der Waals surface area contributed by atoms with Gasteiger partial charge in [0.05, 0.1) is 6.20 Å². The van der Waals surface area contributed by atoms with Gasteiger partial charge in [0.15, 0.2) is 5.82 Å². The van der Waals surface area contributed by atoms with E-state index in [4.69, 9.17) is 17.4 Å². The van der Waals surface area contributed by atoms with Crippen LogP contribution in [0.25, 0.3) is 0 Å². The Hall–Kier alpha value is -1.37. The van der Waals surface area contributed by atoms with Crippen LogP contribution in [0.1, 0.15) is 11.8 Å². The van der Waals surface area contributed by atoms with Gasteiger partial charge in [-0.05, 0) is 18.4 Å². The molecular weight excluding hydrogens is 282 g/mol. The van der Waals surface area contributed by atoms with Crippen LogP contribution in [0, 0.1) is 0 Å². The molecule has 0 saturated carbocycles. The SMILES string of the molecule is CC(Cc1cccs1)N(C)c1nc(NN)ncc1Cl. The van der Waals surface area contributed by atoms with E-state index < -0.39 is 0 Å². The van der Waals surface area contributed by atoms with Gasteiger partial charge in [0.25, 0.3) is 0 Å². The summed E-state index contributed by atoms with van der Waals surface area (Å²) in [7, 11) is 1.97. The highest BCUT2D eigenvalue weighted by molar-refractivity contribution is 7.09. The molecule has 0 bridgehead atoms. The molecule has 5 nitrogen and oxygen atoms in total. The number of thiophene rings is 1. The third kappa shape index (κ3) is 3.34. The lowest BCUT2D eigenvalue weighted by molar-refractivity contribution is 0.680. The molecule has 0 fully saturated rings. The van der Waals surface area contributed by atoms with Crippen LogP contribution in [0.4, 0.5) is 11.8 Å². The second-order valence-corrected chi connectivity index (χ2v) is 5.69. The molecule has 0 radical (unpaired) electrons. The van der Waals surface area contributed by atoms with Crippen LogP contribution in [0.5, 0.6) is 0 Å². The molecule has 0 aliphatic heterocycles. The molecule has 0 aliphatic rings. The van der Waals surface area contributed by atoms with E-state index in [2.05, 4.69) is 39.8 Å². The number of anilines is 2. The summed E-state index contributed by atoms with van der Waals surface area (Å²) < 4.78 is 0. The molecule has 2 rings (SSSR count). The van der Waals surface area contributed by atoms with Crippen molar-refractivity contribution in [1.82, 2.24) is 9.97 Å². The molecule has 1 atom stereocenters. The van der Waals surface area contributed by atoms with Gasteiger partial charge in [-0.3, -0.25) is 5.43 Å². The lowest BCUT2D eigenvalue weighted by Crippen LogP contribution is -2.31. The first-order valence-electron chi connectivity index (χ1n) is 5.86. The first-order valence-corrected chi connectivity index (χ1v) is 7.12. The monoisotopic (exact) mass is 297 g/mol. The summed E-state index contributed by atoms with van der Waals surface area (Å²) in [4.78, 5) is 11.6. The molecule has 1 unspecified atom stereocenters. The zero-order chi connectivity index (χ0) is 13.8. The molecule has 2 aromatic heterocycles. The maximum atomic E-state index is 6.14. The largest absolute Gasteiger partial charge is 0.355 e. The first kappa shape index (κ1) is 14.0. The van der Waals surface area contributed by atoms with E-state index in [9.17, 15) is 0 Å². The molecular formula is C12H16ClN5S. The van der Waals surface area contributed by atoms with Crippen molar-refractivity contribution in [1.29, 1.82) is 0 Å². The van der Waals surface area contributed by atoms with Gasteiger partial charge in [-0.25, -0.2) is 10.8 Å². The molecule has 0 spiro atoms. The molecule has 19 heavy (non-hydrogen) atoms.